The Kier molecular flexibility index (Phi) is 4.03. The lowest BCUT2D eigenvalue weighted by molar-refractivity contribution is 1.21. The van der Waals surface area contributed by atoms with Gasteiger partial charge in [0.05, 0.1) is 0 Å². The third-order valence-electron chi connectivity index (χ3n) is 1.49. The Balaban J connectivity index is 3.19. The zero-order valence-corrected chi connectivity index (χ0v) is 10.1. The summed E-state index contributed by atoms with van der Waals surface area (Å²) in [4.78, 5) is 0. The van der Waals surface area contributed by atoms with Crippen LogP contribution in [0.3, 0.4) is 0 Å². The van der Waals surface area contributed by atoms with E-state index in [1.807, 2.05) is 0 Å². The average Bonchev–Trinajstić information content (AvgIpc) is 2.03. The van der Waals surface area contributed by atoms with E-state index in [4.69, 9.17) is 58.0 Å². The standard InChI is InChI=1S/C8H5Cl5/c9-4-5-1-2-7(10)6(3-5)8(11,12)13/h1-3H,4H2. The molecule has 0 unspecified atom stereocenters. The lowest BCUT2D eigenvalue weighted by Crippen LogP contribution is -2.01. The molecular weight excluding hydrogens is 273 g/mol. The molecule has 0 heterocycles. The zero-order chi connectivity index (χ0) is 10.1. The van der Waals surface area contributed by atoms with Crippen molar-refractivity contribution in [2.75, 3.05) is 0 Å². The quantitative estimate of drug-likeness (QED) is 0.641. The summed E-state index contributed by atoms with van der Waals surface area (Å²) in [5.74, 6) is 0.366. The second-order valence-corrected chi connectivity index (χ2v) is 5.40. The third-order valence-corrected chi connectivity index (χ3v) is 2.74. The molecule has 5 heteroatoms. The van der Waals surface area contributed by atoms with E-state index in [0.717, 1.165) is 5.56 Å². The first-order valence-corrected chi connectivity index (χ1v) is 5.41. The molecule has 1 rings (SSSR count). The lowest BCUT2D eigenvalue weighted by Gasteiger charge is -2.13. The van der Waals surface area contributed by atoms with Gasteiger partial charge in [-0.15, -0.1) is 11.6 Å². The molecule has 0 atom stereocenters. The third kappa shape index (κ3) is 3.07. The smallest absolute Gasteiger partial charge is 0.122 e. The van der Waals surface area contributed by atoms with E-state index in [1.165, 1.54) is 0 Å². The van der Waals surface area contributed by atoms with Crippen LogP contribution in [0.4, 0.5) is 0 Å². The molecular formula is C8H5Cl5. The second-order valence-electron chi connectivity index (χ2n) is 2.45. The number of alkyl halides is 4. The first-order chi connectivity index (χ1) is 5.95. The van der Waals surface area contributed by atoms with Gasteiger partial charge in [-0.2, -0.15) is 0 Å². The molecule has 0 bridgehead atoms. The average molecular weight is 278 g/mol. The van der Waals surface area contributed by atoms with Gasteiger partial charge in [0.15, 0.2) is 0 Å². The summed E-state index contributed by atoms with van der Waals surface area (Å²) in [7, 11) is 0. The molecule has 0 saturated heterocycles. The molecule has 0 aliphatic rings. The molecule has 0 aromatic heterocycles. The summed E-state index contributed by atoms with van der Waals surface area (Å²) < 4.78 is -1.50. The Labute approximate surface area is 102 Å². The minimum atomic E-state index is -1.50. The molecule has 0 amide bonds. The van der Waals surface area contributed by atoms with Crippen molar-refractivity contribution in [3.05, 3.63) is 34.3 Å². The van der Waals surface area contributed by atoms with Crippen LogP contribution in [0.2, 0.25) is 5.02 Å². The van der Waals surface area contributed by atoms with Crippen LogP contribution in [-0.2, 0) is 9.67 Å². The maximum absolute atomic E-state index is 5.84. The fourth-order valence-corrected chi connectivity index (χ4v) is 1.91. The monoisotopic (exact) mass is 276 g/mol. The van der Waals surface area contributed by atoms with Crippen molar-refractivity contribution in [1.29, 1.82) is 0 Å². The summed E-state index contributed by atoms with van der Waals surface area (Å²) in [6.07, 6.45) is 0. The Hall–Kier alpha value is 0.670. The van der Waals surface area contributed by atoms with Gasteiger partial charge < -0.3 is 0 Å². The molecule has 0 saturated carbocycles. The summed E-state index contributed by atoms with van der Waals surface area (Å²) in [5.41, 5.74) is 1.32. The van der Waals surface area contributed by atoms with Gasteiger partial charge >= 0.3 is 0 Å². The van der Waals surface area contributed by atoms with E-state index in [0.29, 0.717) is 16.5 Å². The molecule has 0 nitrogen and oxygen atoms in total. The molecule has 0 aliphatic heterocycles. The molecule has 1 aromatic rings. The molecule has 0 radical (unpaired) electrons. The molecule has 0 aliphatic carbocycles. The minimum Gasteiger partial charge on any atom is -0.122 e. The summed E-state index contributed by atoms with van der Waals surface area (Å²) in [6, 6.07) is 5.13. The van der Waals surface area contributed by atoms with E-state index < -0.39 is 3.79 Å². The van der Waals surface area contributed by atoms with E-state index >= 15 is 0 Å². The van der Waals surface area contributed by atoms with Gasteiger partial charge in [-0.25, -0.2) is 0 Å². The number of halogens is 5. The van der Waals surface area contributed by atoms with Crippen molar-refractivity contribution in [1.82, 2.24) is 0 Å². The number of hydrogen-bond donors (Lipinski definition) is 0. The van der Waals surface area contributed by atoms with Crippen molar-refractivity contribution >= 4 is 58.0 Å². The minimum absolute atomic E-state index is 0.366. The Morgan fingerprint density at radius 3 is 2.23 bits per heavy atom. The fraction of sp³-hybridized carbons (Fsp3) is 0.250. The highest BCUT2D eigenvalue weighted by Crippen LogP contribution is 2.42. The lowest BCUT2D eigenvalue weighted by atomic mass is 10.1. The molecule has 1 aromatic carbocycles. The van der Waals surface area contributed by atoms with Crippen LogP contribution in [-0.4, -0.2) is 0 Å². The van der Waals surface area contributed by atoms with Gasteiger partial charge in [0.1, 0.15) is 0 Å². The number of rotatable bonds is 1. The molecule has 0 spiro atoms. The van der Waals surface area contributed by atoms with Gasteiger partial charge in [-0.05, 0) is 17.7 Å². The van der Waals surface area contributed by atoms with Crippen LogP contribution >= 0.6 is 58.0 Å². The van der Waals surface area contributed by atoms with Gasteiger partial charge in [0, 0.05) is 16.5 Å². The van der Waals surface area contributed by atoms with Crippen LogP contribution in [0.5, 0.6) is 0 Å². The van der Waals surface area contributed by atoms with Crippen molar-refractivity contribution in [2.45, 2.75) is 9.67 Å². The van der Waals surface area contributed by atoms with Gasteiger partial charge in [0.2, 0.25) is 3.79 Å². The van der Waals surface area contributed by atoms with Gasteiger partial charge in [0.25, 0.3) is 0 Å². The Morgan fingerprint density at radius 2 is 1.77 bits per heavy atom. The molecule has 0 N–H and O–H groups in total. The normalized spacial score (nSPS) is 11.8. The van der Waals surface area contributed by atoms with Gasteiger partial charge in [-0.3, -0.25) is 0 Å². The predicted octanol–water partition coefficient (Wildman–Crippen LogP) is 4.91. The van der Waals surface area contributed by atoms with E-state index in [-0.39, 0.29) is 0 Å². The second kappa shape index (κ2) is 4.46. The maximum atomic E-state index is 5.84. The van der Waals surface area contributed by atoms with Crippen molar-refractivity contribution in [3.63, 3.8) is 0 Å². The largest absolute Gasteiger partial charge is 0.217 e. The highest BCUT2D eigenvalue weighted by atomic mass is 35.6. The molecule has 72 valence electrons. The highest BCUT2D eigenvalue weighted by Gasteiger charge is 2.25. The summed E-state index contributed by atoms with van der Waals surface area (Å²) >= 11 is 28.6. The first kappa shape index (κ1) is 11.7. The summed E-state index contributed by atoms with van der Waals surface area (Å²) in [6.45, 7) is 0. The van der Waals surface area contributed by atoms with Crippen molar-refractivity contribution < 1.29 is 0 Å². The zero-order valence-electron chi connectivity index (χ0n) is 6.33. The van der Waals surface area contributed by atoms with Gasteiger partial charge in [-0.1, -0.05) is 52.5 Å². The van der Waals surface area contributed by atoms with E-state index in [9.17, 15) is 0 Å². The van der Waals surface area contributed by atoms with E-state index in [1.54, 1.807) is 18.2 Å². The van der Waals surface area contributed by atoms with Crippen LogP contribution in [0, 0.1) is 0 Å². The topological polar surface area (TPSA) is 0 Å². The number of hydrogen-bond acceptors (Lipinski definition) is 0. The molecule has 0 fully saturated rings. The Bertz CT molecular complexity index is 302. The summed E-state index contributed by atoms with van der Waals surface area (Å²) in [5, 5.41) is 0.425. The van der Waals surface area contributed by atoms with Crippen LogP contribution in [0.25, 0.3) is 0 Å². The first-order valence-electron chi connectivity index (χ1n) is 3.36. The van der Waals surface area contributed by atoms with E-state index in [2.05, 4.69) is 0 Å². The van der Waals surface area contributed by atoms with Crippen molar-refractivity contribution in [3.8, 4) is 0 Å². The fourth-order valence-electron chi connectivity index (χ4n) is 0.873. The number of benzene rings is 1. The van der Waals surface area contributed by atoms with Crippen molar-refractivity contribution in [2.24, 2.45) is 0 Å². The highest BCUT2D eigenvalue weighted by molar-refractivity contribution is 6.67. The SMILES string of the molecule is ClCc1ccc(Cl)c(C(Cl)(Cl)Cl)c1. The Morgan fingerprint density at radius 1 is 1.15 bits per heavy atom. The van der Waals surface area contributed by atoms with Crippen LogP contribution < -0.4 is 0 Å². The van der Waals surface area contributed by atoms with Crippen LogP contribution in [0.1, 0.15) is 11.1 Å². The predicted molar refractivity (Wildman–Crippen MR) is 60.2 cm³/mol. The van der Waals surface area contributed by atoms with Crippen LogP contribution in [0.15, 0.2) is 18.2 Å². The molecule has 13 heavy (non-hydrogen) atoms. The maximum Gasteiger partial charge on any atom is 0.217 e.